The number of thiazole rings is 1. The number of thiocarbonyl (C=S) groups is 1. The number of alkyl halides is 3. The first-order chi connectivity index (χ1) is 9.77. The van der Waals surface area contributed by atoms with E-state index in [1.165, 1.54) is 23.5 Å². The molecule has 3 nitrogen and oxygen atoms in total. The van der Waals surface area contributed by atoms with Crippen molar-refractivity contribution in [2.45, 2.75) is 19.6 Å². The Balaban J connectivity index is 2.23. The number of aromatic nitrogens is 1. The number of aryl methyl sites for hydroxylation is 1. The number of halogens is 3. The standard InChI is InChI=1S/C13H12F3N3S2/c1-7-6-21-11(19-7)5-18-8-2-3-9(12(17)20)10(4-8)13(14,15)16/h2-4,6,18H,5H2,1H3,(H2,17,20). The van der Waals surface area contributed by atoms with E-state index in [0.29, 0.717) is 12.2 Å². The van der Waals surface area contributed by atoms with E-state index in [1.54, 1.807) is 0 Å². The van der Waals surface area contributed by atoms with Crippen LogP contribution in [0.1, 0.15) is 21.8 Å². The summed E-state index contributed by atoms with van der Waals surface area (Å²) in [4.78, 5) is 3.96. The minimum atomic E-state index is -4.51. The molecule has 0 spiro atoms. The van der Waals surface area contributed by atoms with E-state index in [2.05, 4.69) is 22.5 Å². The van der Waals surface area contributed by atoms with E-state index in [4.69, 9.17) is 5.73 Å². The summed E-state index contributed by atoms with van der Waals surface area (Å²) in [5.41, 5.74) is 5.55. The Hall–Kier alpha value is -1.67. The molecule has 1 aromatic heterocycles. The van der Waals surface area contributed by atoms with Crippen LogP contribution in [-0.2, 0) is 12.7 Å². The van der Waals surface area contributed by atoms with Gasteiger partial charge in [-0.2, -0.15) is 13.2 Å². The van der Waals surface area contributed by atoms with Crippen molar-refractivity contribution in [1.82, 2.24) is 4.98 Å². The van der Waals surface area contributed by atoms with E-state index in [9.17, 15) is 13.2 Å². The first kappa shape index (κ1) is 15.7. The second kappa shape index (κ2) is 5.98. The summed E-state index contributed by atoms with van der Waals surface area (Å²) in [6.45, 7) is 2.22. The van der Waals surface area contributed by atoms with Crippen molar-refractivity contribution in [3.8, 4) is 0 Å². The van der Waals surface area contributed by atoms with E-state index < -0.39 is 11.7 Å². The molecule has 8 heteroatoms. The summed E-state index contributed by atoms with van der Waals surface area (Å²) in [5.74, 6) is 0. The Morgan fingerprint density at radius 3 is 2.67 bits per heavy atom. The number of anilines is 1. The number of nitrogens with one attached hydrogen (secondary N) is 1. The van der Waals surface area contributed by atoms with Gasteiger partial charge in [-0.15, -0.1) is 11.3 Å². The van der Waals surface area contributed by atoms with Gasteiger partial charge < -0.3 is 11.1 Å². The lowest BCUT2D eigenvalue weighted by atomic mass is 10.1. The molecule has 0 unspecified atom stereocenters. The highest BCUT2D eigenvalue weighted by Gasteiger charge is 2.34. The maximum atomic E-state index is 13.0. The second-order valence-corrected chi connectivity index (χ2v) is 5.74. The van der Waals surface area contributed by atoms with Crippen LogP contribution >= 0.6 is 23.6 Å². The third-order valence-corrected chi connectivity index (χ3v) is 3.89. The summed E-state index contributed by atoms with van der Waals surface area (Å²) in [6.07, 6.45) is -4.51. The van der Waals surface area contributed by atoms with Crippen LogP contribution < -0.4 is 11.1 Å². The van der Waals surface area contributed by atoms with Crippen molar-refractivity contribution in [3.63, 3.8) is 0 Å². The second-order valence-electron chi connectivity index (χ2n) is 4.36. The van der Waals surface area contributed by atoms with Crippen molar-refractivity contribution in [1.29, 1.82) is 0 Å². The van der Waals surface area contributed by atoms with Gasteiger partial charge in [-0.05, 0) is 25.1 Å². The van der Waals surface area contributed by atoms with Crippen LogP contribution in [0.4, 0.5) is 18.9 Å². The zero-order valence-electron chi connectivity index (χ0n) is 11.0. The van der Waals surface area contributed by atoms with E-state index in [-0.39, 0.29) is 10.6 Å². The molecule has 21 heavy (non-hydrogen) atoms. The van der Waals surface area contributed by atoms with Gasteiger partial charge in [0, 0.05) is 22.3 Å². The minimum Gasteiger partial charge on any atom is -0.389 e. The number of hydrogen-bond donors (Lipinski definition) is 2. The largest absolute Gasteiger partial charge is 0.417 e. The molecular weight excluding hydrogens is 319 g/mol. The topological polar surface area (TPSA) is 50.9 Å². The molecule has 0 aliphatic rings. The van der Waals surface area contributed by atoms with Gasteiger partial charge in [-0.25, -0.2) is 4.98 Å². The predicted molar refractivity (Wildman–Crippen MR) is 81.5 cm³/mol. The van der Waals surface area contributed by atoms with Gasteiger partial charge in [0.1, 0.15) is 10.00 Å². The van der Waals surface area contributed by atoms with Crippen molar-refractivity contribution in [2.24, 2.45) is 5.73 Å². The fourth-order valence-corrected chi connectivity index (χ4v) is 2.65. The van der Waals surface area contributed by atoms with E-state index in [0.717, 1.165) is 16.8 Å². The van der Waals surface area contributed by atoms with Gasteiger partial charge in [-0.1, -0.05) is 12.2 Å². The van der Waals surface area contributed by atoms with E-state index >= 15 is 0 Å². The van der Waals surface area contributed by atoms with Gasteiger partial charge >= 0.3 is 6.18 Å². The quantitative estimate of drug-likeness (QED) is 0.839. The highest BCUT2D eigenvalue weighted by molar-refractivity contribution is 7.80. The first-order valence-electron chi connectivity index (χ1n) is 5.93. The number of benzene rings is 1. The van der Waals surface area contributed by atoms with Crippen LogP contribution in [0.2, 0.25) is 0 Å². The van der Waals surface area contributed by atoms with Crippen LogP contribution in [0.15, 0.2) is 23.6 Å². The van der Waals surface area contributed by atoms with Crippen LogP contribution in [0, 0.1) is 6.92 Å². The normalized spacial score (nSPS) is 11.4. The maximum Gasteiger partial charge on any atom is 0.417 e. The summed E-state index contributed by atoms with van der Waals surface area (Å²) in [5, 5.41) is 5.60. The molecule has 1 aromatic carbocycles. The zero-order valence-corrected chi connectivity index (χ0v) is 12.6. The van der Waals surface area contributed by atoms with Crippen LogP contribution in [0.25, 0.3) is 0 Å². The molecule has 0 saturated carbocycles. The highest BCUT2D eigenvalue weighted by atomic mass is 32.1. The Morgan fingerprint density at radius 1 is 1.43 bits per heavy atom. The van der Waals surface area contributed by atoms with Gasteiger partial charge in [0.15, 0.2) is 0 Å². The maximum absolute atomic E-state index is 13.0. The smallest absolute Gasteiger partial charge is 0.389 e. The lowest BCUT2D eigenvalue weighted by molar-refractivity contribution is -0.137. The summed E-state index contributed by atoms with van der Waals surface area (Å²) in [7, 11) is 0. The third-order valence-electron chi connectivity index (χ3n) is 2.70. The Morgan fingerprint density at radius 2 is 2.14 bits per heavy atom. The molecule has 0 saturated heterocycles. The van der Waals surface area contributed by atoms with Crippen molar-refractivity contribution >= 4 is 34.2 Å². The monoisotopic (exact) mass is 331 g/mol. The van der Waals surface area contributed by atoms with Gasteiger partial charge in [-0.3, -0.25) is 0 Å². The Kier molecular flexibility index (Phi) is 4.48. The summed E-state index contributed by atoms with van der Waals surface area (Å²) >= 11 is 6.10. The minimum absolute atomic E-state index is 0.173. The van der Waals surface area contributed by atoms with Crippen molar-refractivity contribution in [3.05, 3.63) is 45.4 Å². The van der Waals surface area contributed by atoms with Crippen molar-refractivity contribution < 1.29 is 13.2 Å². The lowest BCUT2D eigenvalue weighted by Gasteiger charge is -2.14. The number of rotatable bonds is 4. The predicted octanol–water partition coefficient (Wildman–Crippen LogP) is 3.72. The third kappa shape index (κ3) is 3.92. The number of hydrogen-bond acceptors (Lipinski definition) is 4. The Bertz CT molecular complexity index is 665. The van der Waals surface area contributed by atoms with Crippen LogP contribution in [-0.4, -0.2) is 9.97 Å². The van der Waals surface area contributed by atoms with Crippen LogP contribution in [0.5, 0.6) is 0 Å². The molecule has 0 atom stereocenters. The Labute approximate surface area is 129 Å². The molecule has 2 aromatic rings. The average Bonchev–Trinajstić information content (AvgIpc) is 2.81. The summed E-state index contributed by atoms with van der Waals surface area (Å²) < 4.78 is 39.0. The SMILES string of the molecule is Cc1csc(CNc2ccc(C(N)=S)c(C(F)(F)F)c2)n1. The fraction of sp³-hybridized carbons (Fsp3) is 0.231. The molecule has 0 aliphatic heterocycles. The van der Waals surface area contributed by atoms with Crippen molar-refractivity contribution in [2.75, 3.05) is 5.32 Å². The first-order valence-corrected chi connectivity index (χ1v) is 7.22. The molecule has 0 radical (unpaired) electrons. The zero-order chi connectivity index (χ0) is 15.6. The molecule has 2 rings (SSSR count). The van der Waals surface area contributed by atoms with Gasteiger partial charge in [0.2, 0.25) is 0 Å². The molecule has 1 heterocycles. The van der Waals surface area contributed by atoms with E-state index in [1.807, 2.05) is 12.3 Å². The molecule has 112 valence electrons. The van der Waals surface area contributed by atoms with Crippen LogP contribution in [0.3, 0.4) is 0 Å². The lowest BCUT2D eigenvalue weighted by Crippen LogP contribution is -2.18. The number of nitrogens with two attached hydrogens (primary N) is 1. The number of nitrogens with zero attached hydrogens (tertiary/aromatic N) is 1. The molecular formula is C13H12F3N3S2. The summed E-state index contributed by atoms with van der Waals surface area (Å²) in [6, 6.07) is 3.81. The highest BCUT2D eigenvalue weighted by Crippen LogP contribution is 2.34. The molecule has 0 bridgehead atoms. The fourth-order valence-electron chi connectivity index (χ4n) is 1.77. The molecule has 3 N–H and O–H groups in total. The van der Waals surface area contributed by atoms with Gasteiger partial charge in [0.05, 0.1) is 12.1 Å². The average molecular weight is 331 g/mol. The molecule has 0 amide bonds. The molecule has 0 aliphatic carbocycles. The van der Waals surface area contributed by atoms with Gasteiger partial charge in [0.25, 0.3) is 0 Å². The molecule has 0 fully saturated rings.